The van der Waals surface area contributed by atoms with Gasteiger partial charge in [0.1, 0.15) is 0 Å². The first kappa shape index (κ1) is 15.3. The van der Waals surface area contributed by atoms with E-state index in [1.165, 1.54) is 12.1 Å². The minimum atomic E-state index is -0.490. The molecule has 2 aromatic heterocycles. The van der Waals surface area contributed by atoms with Crippen LogP contribution in [0.1, 0.15) is 5.69 Å². The predicted octanol–water partition coefficient (Wildman–Crippen LogP) is 1.87. The van der Waals surface area contributed by atoms with E-state index in [-0.39, 0.29) is 12.1 Å². The molecule has 0 aliphatic carbocycles. The quantitative estimate of drug-likeness (QED) is 0.568. The molecule has 1 aromatic carbocycles. The number of pyridine rings is 1. The first-order valence-corrected chi connectivity index (χ1v) is 7.07. The number of hydrogen-bond donors (Lipinski definition) is 1. The molecule has 2 heterocycles. The Morgan fingerprint density at radius 1 is 1.25 bits per heavy atom. The maximum atomic E-state index is 11.3. The van der Waals surface area contributed by atoms with Crippen molar-refractivity contribution in [2.24, 2.45) is 5.73 Å². The second-order valence-electron chi connectivity index (χ2n) is 5.09. The number of rotatable bonds is 5. The third kappa shape index (κ3) is 3.12. The summed E-state index contributed by atoms with van der Waals surface area (Å²) >= 11 is 0. The van der Waals surface area contributed by atoms with Gasteiger partial charge in [-0.25, -0.2) is 4.68 Å². The first-order chi connectivity index (χ1) is 11.5. The standard InChI is InChI=1S/C16H13N5O3/c17-16(22)9-14-8-15(11-2-1-7-18-10-11)19-20(14)12-3-5-13(6-4-12)21(23)24/h1-8,10H,9H2,(H2,17,22). The summed E-state index contributed by atoms with van der Waals surface area (Å²) in [5.41, 5.74) is 7.91. The van der Waals surface area contributed by atoms with Crippen LogP contribution >= 0.6 is 0 Å². The average Bonchev–Trinajstić information content (AvgIpc) is 2.99. The van der Waals surface area contributed by atoms with Crippen molar-refractivity contribution in [2.75, 3.05) is 0 Å². The van der Waals surface area contributed by atoms with Gasteiger partial charge in [0.05, 0.1) is 28.4 Å². The molecular weight excluding hydrogens is 310 g/mol. The maximum absolute atomic E-state index is 11.3. The zero-order valence-electron chi connectivity index (χ0n) is 12.5. The molecule has 0 saturated heterocycles. The Bertz CT molecular complexity index is 888. The lowest BCUT2D eigenvalue weighted by molar-refractivity contribution is -0.384. The van der Waals surface area contributed by atoms with E-state index in [4.69, 9.17) is 5.73 Å². The zero-order valence-corrected chi connectivity index (χ0v) is 12.5. The number of hydrogen-bond acceptors (Lipinski definition) is 5. The minimum absolute atomic E-state index is 0.00422. The van der Waals surface area contributed by atoms with Crippen molar-refractivity contribution in [2.45, 2.75) is 6.42 Å². The molecule has 0 atom stereocenters. The predicted molar refractivity (Wildman–Crippen MR) is 86.3 cm³/mol. The molecule has 120 valence electrons. The van der Waals surface area contributed by atoms with Crippen LogP contribution in [0.4, 0.5) is 5.69 Å². The number of carbonyl (C=O) groups excluding carboxylic acids is 1. The van der Waals surface area contributed by atoms with E-state index in [0.717, 1.165) is 5.56 Å². The van der Waals surface area contributed by atoms with E-state index in [2.05, 4.69) is 10.1 Å². The lowest BCUT2D eigenvalue weighted by Gasteiger charge is -2.05. The second kappa shape index (κ2) is 6.29. The number of non-ortho nitro benzene ring substituents is 1. The van der Waals surface area contributed by atoms with Crippen LogP contribution in [-0.4, -0.2) is 25.6 Å². The summed E-state index contributed by atoms with van der Waals surface area (Å²) < 4.78 is 1.55. The molecule has 1 amide bonds. The highest BCUT2D eigenvalue weighted by molar-refractivity contribution is 5.77. The number of carbonyl (C=O) groups is 1. The van der Waals surface area contributed by atoms with Crippen LogP contribution in [0.25, 0.3) is 16.9 Å². The summed E-state index contributed by atoms with van der Waals surface area (Å²) in [6.07, 6.45) is 3.32. The van der Waals surface area contributed by atoms with Gasteiger partial charge in [0.2, 0.25) is 5.91 Å². The lowest BCUT2D eigenvalue weighted by atomic mass is 10.2. The highest BCUT2D eigenvalue weighted by Gasteiger charge is 2.14. The van der Waals surface area contributed by atoms with Gasteiger partial charge >= 0.3 is 0 Å². The molecule has 0 fully saturated rings. The summed E-state index contributed by atoms with van der Waals surface area (Å²) in [5, 5.41) is 15.2. The van der Waals surface area contributed by atoms with Gasteiger partial charge in [0, 0.05) is 30.1 Å². The molecule has 3 aromatic rings. The van der Waals surface area contributed by atoms with E-state index < -0.39 is 10.8 Å². The van der Waals surface area contributed by atoms with Gasteiger partial charge in [-0.1, -0.05) is 0 Å². The topological polar surface area (TPSA) is 117 Å². The molecule has 0 radical (unpaired) electrons. The van der Waals surface area contributed by atoms with Crippen molar-refractivity contribution in [3.63, 3.8) is 0 Å². The van der Waals surface area contributed by atoms with E-state index >= 15 is 0 Å². The Morgan fingerprint density at radius 2 is 2.00 bits per heavy atom. The number of primary amides is 1. The van der Waals surface area contributed by atoms with Crippen molar-refractivity contribution in [1.82, 2.24) is 14.8 Å². The second-order valence-corrected chi connectivity index (χ2v) is 5.09. The largest absolute Gasteiger partial charge is 0.369 e. The molecule has 0 aliphatic heterocycles. The molecule has 8 nitrogen and oxygen atoms in total. The van der Waals surface area contributed by atoms with Crippen LogP contribution < -0.4 is 5.73 Å². The minimum Gasteiger partial charge on any atom is -0.369 e. The number of benzene rings is 1. The number of nitrogens with two attached hydrogens (primary N) is 1. The highest BCUT2D eigenvalue weighted by Crippen LogP contribution is 2.22. The van der Waals surface area contributed by atoms with Crippen LogP contribution in [0, 0.1) is 10.1 Å². The smallest absolute Gasteiger partial charge is 0.269 e. The van der Waals surface area contributed by atoms with Gasteiger partial charge in [-0.2, -0.15) is 5.10 Å². The lowest BCUT2D eigenvalue weighted by Crippen LogP contribution is -2.16. The third-order valence-electron chi connectivity index (χ3n) is 3.40. The van der Waals surface area contributed by atoms with Crippen LogP contribution in [0.5, 0.6) is 0 Å². The molecule has 0 unspecified atom stereocenters. The molecule has 0 bridgehead atoms. The zero-order chi connectivity index (χ0) is 17.1. The summed E-state index contributed by atoms with van der Waals surface area (Å²) in [6.45, 7) is 0. The van der Waals surface area contributed by atoms with E-state index in [9.17, 15) is 14.9 Å². The molecule has 2 N–H and O–H groups in total. The van der Waals surface area contributed by atoms with E-state index in [0.29, 0.717) is 17.1 Å². The number of nitro groups is 1. The summed E-state index contributed by atoms with van der Waals surface area (Å²) in [5.74, 6) is -0.490. The number of amides is 1. The van der Waals surface area contributed by atoms with Crippen LogP contribution in [0.2, 0.25) is 0 Å². The van der Waals surface area contributed by atoms with E-state index in [1.54, 1.807) is 41.3 Å². The van der Waals surface area contributed by atoms with Crippen molar-refractivity contribution >= 4 is 11.6 Å². The molecule has 24 heavy (non-hydrogen) atoms. The number of aromatic nitrogens is 3. The van der Waals surface area contributed by atoms with Crippen molar-refractivity contribution in [1.29, 1.82) is 0 Å². The van der Waals surface area contributed by atoms with Gasteiger partial charge < -0.3 is 5.73 Å². The monoisotopic (exact) mass is 323 g/mol. The van der Waals surface area contributed by atoms with Gasteiger partial charge in [0.15, 0.2) is 0 Å². The fourth-order valence-corrected chi connectivity index (χ4v) is 2.32. The fourth-order valence-electron chi connectivity index (χ4n) is 2.32. The Labute approximate surface area is 136 Å². The van der Waals surface area contributed by atoms with Crippen molar-refractivity contribution in [3.8, 4) is 16.9 Å². The summed E-state index contributed by atoms with van der Waals surface area (Å²) in [4.78, 5) is 25.7. The van der Waals surface area contributed by atoms with Gasteiger partial charge in [-0.05, 0) is 30.3 Å². The van der Waals surface area contributed by atoms with Crippen LogP contribution in [0.15, 0.2) is 54.9 Å². The molecule has 0 aliphatic rings. The Morgan fingerprint density at radius 3 is 2.58 bits per heavy atom. The first-order valence-electron chi connectivity index (χ1n) is 7.07. The third-order valence-corrected chi connectivity index (χ3v) is 3.40. The number of nitrogens with zero attached hydrogens (tertiary/aromatic N) is 4. The van der Waals surface area contributed by atoms with Gasteiger partial charge in [-0.15, -0.1) is 0 Å². The van der Waals surface area contributed by atoms with Crippen molar-refractivity contribution < 1.29 is 9.72 Å². The fraction of sp³-hybridized carbons (Fsp3) is 0.0625. The van der Waals surface area contributed by atoms with E-state index in [1.807, 2.05) is 6.07 Å². The van der Waals surface area contributed by atoms with Crippen LogP contribution in [-0.2, 0) is 11.2 Å². The number of nitro benzene ring substituents is 1. The molecule has 0 saturated carbocycles. The molecule has 8 heteroatoms. The molecular formula is C16H13N5O3. The highest BCUT2D eigenvalue weighted by atomic mass is 16.6. The SMILES string of the molecule is NC(=O)Cc1cc(-c2cccnc2)nn1-c1ccc([N+](=O)[O-])cc1. The molecule has 0 spiro atoms. The summed E-state index contributed by atoms with van der Waals surface area (Å²) in [6, 6.07) is 11.3. The Kier molecular flexibility index (Phi) is 4.02. The molecule has 3 rings (SSSR count). The normalized spacial score (nSPS) is 10.5. The van der Waals surface area contributed by atoms with Crippen molar-refractivity contribution in [3.05, 3.63) is 70.7 Å². The Hall–Kier alpha value is -3.55. The van der Waals surface area contributed by atoms with Gasteiger partial charge in [0.25, 0.3) is 5.69 Å². The maximum Gasteiger partial charge on any atom is 0.269 e. The van der Waals surface area contributed by atoms with Crippen LogP contribution in [0.3, 0.4) is 0 Å². The average molecular weight is 323 g/mol. The Balaban J connectivity index is 2.06. The van der Waals surface area contributed by atoms with Gasteiger partial charge in [-0.3, -0.25) is 19.9 Å². The summed E-state index contributed by atoms with van der Waals surface area (Å²) in [7, 11) is 0.